The highest BCUT2D eigenvalue weighted by Crippen LogP contribution is 2.14. The van der Waals surface area contributed by atoms with Crippen LogP contribution in [-0.4, -0.2) is 35.1 Å². The Bertz CT molecular complexity index is 453. The molecular formula is C13H20N2O4. The molecule has 2 N–H and O–H groups in total. The molecular weight excluding hydrogens is 248 g/mol. The van der Waals surface area contributed by atoms with Gasteiger partial charge in [-0.25, -0.2) is 9.59 Å². The van der Waals surface area contributed by atoms with Crippen molar-refractivity contribution in [1.82, 2.24) is 10.2 Å². The van der Waals surface area contributed by atoms with Crippen molar-refractivity contribution in [3.8, 4) is 0 Å². The summed E-state index contributed by atoms with van der Waals surface area (Å²) in [6.45, 7) is 7.02. The zero-order chi connectivity index (χ0) is 14.4. The lowest BCUT2D eigenvalue weighted by atomic mass is 10.2. The van der Waals surface area contributed by atoms with Crippen LogP contribution in [0, 0.1) is 6.92 Å². The fourth-order valence-corrected chi connectivity index (χ4v) is 1.79. The van der Waals surface area contributed by atoms with Gasteiger partial charge in [0.1, 0.15) is 17.1 Å². The third-order valence-electron chi connectivity index (χ3n) is 2.78. The van der Waals surface area contributed by atoms with E-state index in [4.69, 9.17) is 9.52 Å². The van der Waals surface area contributed by atoms with Gasteiger partial charge in [0.25, 0.3) is 0 Å². The van der Waals surface area contributed by atoms with E-state index in [0.717, 1.165) is 6.42 Å². The first kappa shape index (κ1) is 15.1. The first-order valence-corrected chi connectivity index (χ1v) is 6.34. The lowest BCUT2D eigenvalue weighted by molar-refractivity contribution is 0.0695. The van der Waals surface area contributed by atoms with Crippen molar-refractivity contribution in [2.24, 2.45) is 0 Å². The number of rotatable bonds is 6. The second-order valence-electron chi connectivity index (χ2n) is 4.23. The molecule has 1 aromatic rings. The topological polar surface area (TPSA) is 82.8 Å². The molecule has 0 aliphatic rings. The Morgan fingerprint density at radius 3 is 2.58 bits per heavy atom. The quantitative estimate of drug-likeness (QED) is 0.828. The van der Waals surface area contributed by atoms with Gasteiger partial charge in [-0.15, -0.1) is 0 Å². The average Bonchev–Trinajstić information content (AvgIpc) is 2.74. The Morgan fingerprint density at radius 1 is 1.42 bits per heavy atom. The number of urea groups is 1. The number of nitrogens with zero attached hydrogens (tertiary/aromatic N) is 1. The number of aromatic carboxylic acids is 1. The molecule has 6 heteroatoms. The molecule has 1 aromatic heterocycles. The van der Waals surface area contributed by atoms with E-state index >= 15 is 0 Å². The maximum Gasteiger partial charge on any atom is 0.339 e. The maximum absolute atomic E-state index is 11.8. The molecule has 0 bridgehead atoms. The van der Waals surface area contributed by atoms with E-state index in [2.05, 4.69) is 5.32 Å². The van der Waals surface area contributed by atoms with Gasteiger partial charge in [-0.2, -0.15) is 0 Å². The molecule has 6 nitrogen and oxygen atoms in total. The Labute approximate surface area is 112 Å². The van der Waals surface area contributed by atoms with Crippen LogP contribution in [0.3, 0.4) is 0 Å². The number of hydrogen-bond acceptors (Lipinski definition) is 3. The molecule has 2 amide bonds. The van der Waals surface area contributed by atoms with E-state index in [1.165, 1.54) is 6.07 Å². The SMILES string of the molecule is CCCN(CC)C(=O)NCc1cc(C(=O)O)c(C)o1. The van der Waals surface area contributed by atoms with Gasteiger partial charge >= 0.3 is 12.0 Å². The number of furan rings is 1. The third kappa shape index (κ3) is 4.01. The van der Waals surface area contributed by atoms with Crippen LogP contribution < -0.4 is 5.32 Å². The molecule has 106 valence electrons. The van der Waals surface area contributed by atoms with Gasteiger partial charge in [0.2, 0.25) is 0 Å². The van der Waals surface area contributed by atoms with Crippen LogP contribution in [0.4, 0.5) is 4.79 Å². The highest BCUT2D eigenvalue weighted by atomic mass is 16.4. The molecule has 0 aliphatic carbocycles. The number of carboxylic acid groups (broad SMARTS) is 1. The summed E-state index contributed by atoms with van der Waals surface area (Å²) in [7, 11) is 0. The van der Waals surface area contributed by atoms with Crippen LogP contribution in [0.25, 0.3) is 0 Å². The number of nitrogens with one attached hydrogen (secondary N) is 1. The second-order valence-corrected chi connectivity index (χ2v) is 4.23. The van der Waals surface area contributed by atoms with Gasteiger partial charge < -0.3 is 19.7 Å². The number of carbonyl (C=O) groups is 2. The smallest absolute Gasteiger partial charge is 0.339 e. The molecule has 0 saturated heterocycles. The molecule has 0 spiro atoms. The minimum absolute atomic E-state index is 0.130. The van der Waals surface area contributed by atoms with Crippen molar-refractivity contribution < 1.29 is 19.1 Å². The normalized spacial score (nSPS) is 10.3. The molecule has 1 rings (SSSR count). The third-order valence-corrected chi connectivity index (χ3v) is 2.78. The van der Waals surface area contributed by atoms with E-state index in [0.29, 0.717) is 24.6 Å². The van der Waals surface area contributed by atoms with E-state index in [9.17, 15) is 9.59 Å². The first-order chi connectivity index (χ1) is 8.99. The average molecular weight is 268 g/mol. The lowest BCUT2D eigenvalue weighted by Crippen LogP contribution is -2.39. The maximum atomic E-state index is 11.8. The Balaban J connectivity index is 2.59. The molecule has 0 saturated carbocycles. The van der Waals surface area contributed by atoms with Crippen LogP contribution in [0.2, 0.25) is 0 Å². The predicted octanol–water partition coefficient (Wildman–Crippen LogP) is 2.23. The molecule has 0 radical (unpaired) electrons. The van der Waals surface area contributed by atoms with Crippen molar-refractivity contribution in [3.05, 3.63) is 23.2 Å². The fraction of sp³-hybridized carbons (Fsp3) is 0.538. The standard InChI is InChI=1S/C13H20N2O4/c1-4-6-15(5-2)13(18)14-8-10-7-11(12(16)17)9(3)19-10/h7H,4-6,8H2,1-3H3,(H,14,18)(H,16,17). The van der Waals surface area contributed by atoms with Crippen LogP contribution in [0.15, 0.2) is 10.5 Å². The molecule has 19 heavy (non-hydrogen) atoms. The van der Waals surface area contributed by atoms with E-state index in [1.54, 1.807) is 11.8 Å². The zero-order valence-corrected chi connectivity index (χ0v) is 11.5. The monoisotopic (exact) mass is 268 g/mol. The number of amides is 2. The summed E-state index contributed by atoms with van der Waals surface area (Å²) in [4.78, 5) is 24.4. The van der Waals surface area contributed by atoms with Crippen LogP contribution in [0.1, 0.15) is 42.1 Å². The zero-order valence-electron chi connectivity index (χ0n) is 11.5. The number of hydrogen-bond donors (Lipinski definition) is 2. The second kappa shape index (κ2) is 6.82. The van der Waals surface area contributed by atoms with Gasteiger partial charge in [0, 0.05) is 13.1 Å². The van der Waals surface area contributed by atoms with E-state index < -0.39 is 5.97 Å². The van der Waals surface area contributed by atoms with Gasteiger partial charge in [-0.3, -0.25) is 0 Å². The highest BCUT2D eigenvalue weighted by Gasteiger charge is 2.15. The van der Waals surface area contributed by atoms with Gasteiger partial charge in [-0.05, 0) is 26.3 Å². The van der Waals surface area contributed by atoms with E-state index in [1.807, 2.05) is 13.8 Å². The van der Waals surface area contributed by atoms with Crippen molar-refractivity contribution in [3.63, 3.8) is 0 Å². The van der Waals surface area contributed by atoms with Crippen molar-refractivity contribution in [1.29, 1.82) is 0 Å². The molecule has 1 heterocycles. The summed E-state index contributed by atoms with van der Waals surface area (Å²) in [5.74, 6) is -0.242. The number of carboxylic acids is 1. The number of carbonyl (C=O) groups excluding carboxylic acids is 1. The highest BCUT2D eigenvalue weighted by molar-refractivity contribution is 5.88. The van der Waals surface area contributed by atoms with Crippen LogP contribution in [-0.2, 0) is 6.54 Å². The largest absolute Gasteiger partial charge is 0.478 e. The minimum Gasteiger partial charge on any atom is -0.478 e. The lowest BCUT2D eigenvalue weighted by Gasteiger charge is -2.20. The number of aryl methyl sites for hydroxylation is 1. The molecule has 0 unspecified atom stereocenters. The van der Waals surface area contributed by atoms with Gasteiger partial charge in [-0.1, -0.05) is 6.92 Å². The minimum atomic E-state index is -1.03. The molecule has 0 atom stereocenters. The predicted molar refractivity (Wildman–Crippen MR) is 70.2 cm³/mol. The summed E-state index contributed by atoms with van der Waals surface area (Å²) in [5, 5.41) is 11.6. The fourth-order valence-electron chi connectivity index (χ4n) is 1.79. The van der Waals surface area contributed by atoms with E-state index in [-0.39, 0.29) is 18.1 Å². The molecule has 0 aromatic carbocycles. The van der Waals surface area contributed by atoms with Crippen molar-refractivity contribution in [2.45, 2.75) is 33.7 Å². The van der Waals surface area contributed by atoms with Gasteiger partial charge in [0.05, 0.1) is 6.54 Å². The summed E-state index contributed by atoms with van der Waals surface area (Å²) in [6, 6.07) is 1.27. The van der Waals surface area contributed by atoms with Crippen LogP contribution >= 0.6 is 0 Å². The van der Waals surface area contributed by atoms with Gasteiger partial charge in [0.15, 0.2) is 0 Å². The summed E-state index contributed by atoms with van der Waals surface area (Å²) in [6.07, 6.45) is 0.893. The Hall–Kier alpha value is -1.98. The van der Waals surface area contributed by atoms with Crippen molar-refractivity contribution in [2.75, 3.05) is 13.1 Å². The Kier molecular flexibility index (Phi) is 5.41. The van der Waals surface area contributed by atoms with Crippen molar-refractivity contribution >= 4 is 12.0 Å². The molecule has 0 aliphatic heterocycles. The summed E-state index contributed by atoms with van der Waals surface area (Å²) in [5.41, 5.74) is 0.130. The first-order valence-electron chi connectivity index (χ1n) is 6.34. The van der Waals surface area contributed by atoms with Crippen LogP contribution in [0.5, 0.6) is 0 Å². The molecule has 0 fully saturated rings. The Morgan fingerprint density at radius 2 is 2.11 bits per heavy atom. The summed E-state index contributed by atoms with van der Waals surface area (Å²) >= 11 is 0. The summed E-state index contributed by atoms with van der Waals surface area (Å²) < 4.78 is 5.29.